The summed E-state index contributed by atoms with van der Waals surface area (Å²) >= 11 is 6.34. The van der Waals surface area contributed by atoms with Crippen LogP contribution in [-0.2, 0) is 0 Å². The van der Waals surface area contributed by atoms with E-state index >= 15 is 0 Å². The van der Waals surface area contributed by atoms with Crippen LogP contribution in [0.5, 0.6) is 0 Å². The highest BCUT2D eigenvalue weighted by Crippen LogP contribution is 2.30. The zero-order valence-electron chi connectivity index (χ0n) is 15.8. The zero-order chi connectivity index (χ0) is 20.3. The van der Waals surface area contributed by atoms with Gasteiger partial charge in [0.2, 0.25) is 0 Å². The highest BCUT2D eigenvalue weighted by Gasteiger charge is 2.10. The van der Waals surface area contributed by atoms with Gasteiger partial charge in [0.25, 0.3) is 5.91 Å². The maximum Gasteiger partial charge on any atom is 0.257 e. The number of pyridine rings is 1. The Morgan fingerprint density at radius 2 is 1.64 bits per heavy atom. The second-order valence-corrected chi connectivity index (χ2v) is 7.02. The molecule has 0 aliphatic carbocycles. The minimum atomic E-state index is -0.293. The van der Waals surface area contributed by atoms with Crippen LogP contribution in [0.15, 0.2) is 54.9 Å². The van der Waals surface area contributed by atoms with E-state index in [4.69, 9.17) is 11.6 Å². The van der Waals surface area contributed by atoms with E-state index in [0.29, 0.717) is 27.5 Å². The van der Waals surface area contributed by atoms with Crippen LogP contribution in [0.1, 0.15) is 38.8 Å². The minimum absolute atomic E-state index is 0.0223. The molecule has 3 aromatic rings. The molecule has 0 aliphatic heterocycles. The quantitative estimate of drug-likeness (QED) is 0.557. The van der Waals surface area contributed by atoms with E-state index in [-0.39, 0.29) is 11.7 Å². The van der Waals surface area contributed by atoms with Gasteiger partial charge in [0.15, 0.2) is 5.78 Å². The lowest BCUT2D eigenvalue weighted by atomic mass is 10.1. The summed E-state index contributed by atoms with van der Waals surface area (Å²) in [6.07, 6.45) is 3.13. The molecule has 0 fully saturated rings. The first-order valence-corrected chi connectivity index (χ1v) is 9.12. The monoisotopic (exact) mass is 393 g/mol. The first kappa shape index (κ1) is 19.6. The number of nitrogens with zero attached hydrogens (tertiary/aromatic N) is 1. The molecule has 0 atom stereocenters. The number of amides is 1. The SMILES string of the molecule is CC(=O)c1ccc(NC(=O)c2cncc(Nc3c(C)cc(C)cc3Cl)c2)cc1. The molecule has 142 valence electrons. The average molecular weight is 394 g/mol. The highest BCUT2D eigenvalue weighted by atomic mass is 35.5. The number of halogens is 1. The fourth-order valence-corrected chi connectivity index (χ4v) is 3.21. The molecule has 1 amide bonds. The van der Waals surface area contributed by atoms with Gasteiger partial charge in [0.1, 0.15) is 0 Å². The summed E-state index contributed by atoms with van der Waals surface area (Å²) in [5.41, 5.74) is 5.13. The number of benzene rings is 2. The smallest absolute Gasteiger partial charge is 0.257 e. The lowest BCUT2D eigenvalue weighted by Crippen LogP contribution is -2.12. The van der Waals surface area contributed by atoms with Gasteiger partial charge in [-0.15, -0.1) is 0 Å². The number of nitrogens with one attached hydrogen (secondary N) is 2. The van der Waals surface area contributed by atoms with Crippen molar-refractivity contribution in [3.8, 4) is 0 Å². The van der Waals surface area contributed by atoms with Crippen LogP contribution in [-0.4, -0.2) is 16.7 Å². The number of ketones is 1. The molecule has 2 N–H and O–H groups in total. The predicted molar refractivity (Wildman–Crippen MR) is 113 cm³/mol. The van der Waals surface area contributed by atoms with E-state index < -0.39 is 0 Å². The Bertz CT molecular complexity index is 1020. The van der Waals surface area contributed by atoms with Crippen LogP contribution >= 0.6 is 11.6 Å². The lowest BCUT2D eigenvalue weighted by Gasteiger charge is -2.13. The summed E-state index contributed by atoms with van der Waals surface area (Å²) in [4.78, 5) is 28.0. The summed E-state index contributed by atoms with van der Waals surface area (Å²) in [5.74, 6) is -0.315. The molecule has 0 radical (unpaired) electrons. The van der Waals surface area contributed by atoms with Crippen LogP contribution in [0.25, 0.3) is 0 Å². The topological polar surface area (TPSA) is 71.1 Å². The summed E-state index contributed by atoms with van der Waals surface area (Å²) in [5, 5.41) is 6.65. The second kappa shape index (κ2) is 8.23. The van der Waals surface area contributed by atoms with Gasteiger partial charge in [-0.3, -0.25) is 14.6 Å². The first-order valence-electron chi connectivity index (χ1n) is 8.74. The van der Waals surface area contributed by atoms with Crippen molar-refractivity contribution >= 4 is 40.4 Å². The van der Waals surface area contributed by atoms with Gasteiger partial charge in [0.05, 0.1) is 28.2 Å². The zero-order valence-corrected chi connectivity index (χ0v) is 16.6. The van der Waals surface area contributed by atoms with E-state index in [0.717, 1.165) is 16.8 Å². The van der Waals surface area contributed by atoms with Crippen LogP contribution in [0, 0.1) is 13.8 Å². The summed E-state index contributed by atoms with van der Waals surface area (Å²) in [6, 6.07) is 12.4. The Morgan fingerprint density at radius 1 is 0.929 bits per heavy atom. The number of aryl methyl sites for hydroxylation is 2. The third-order valence-corrected chi connectivity index (χ3v) is 4.55. The van der Waals surface area contributed by atoms with Gasteiger partial charge in [0, 0.05) is 17.4 Å². The summed E-state index contributed by atoms with van der Waals surface area (Å²) in [7, 11) is 0. The number of aromatic nitrogens is 1. The Hall–Kier alpha value is -3.18. The van der Waals surface area contributed by atoms with Gasteiger partial charge in [-0.2, -0.15) is 0 Å². The standard InChI is InChI=1S/C22H20ClN3O2/c1-13-8-14(2)21(20(23)9-13)25-19-10-17(11-24-12-19)22(28)26-18-6-4-16(5-7-18)15(3)27/h4-12,25H,1-3H3,(H,26,28). The summed E-state index contributed by atoms with van der Waals surface area (Å²) < 4.78 is 0. The van der Waals surface area contributed by atoms with Gasteiger partial charge in [-0.25, -0.2) is 0 Å². The third kappa shape index (κ3) is 4.56. The maximum atomic E-state index is 12.5. The van der Waals surface area contributed by atoms with Crippen LogP contribution in [0.2, 0.25) is 5.02 Å². The normalized spacial score (nSPS) is 10.4. The van der Waals surface area contributed by atoms with Crippen molar-refractivity contribution in [3.63, 3.8) is 0 Å². The molecule has 2 aromatic carbocycles. The second-order valence-electron chi connectivity index (χ2n) is 6.61. The van der Waals surface area contributed by atoms with E-state index in [1.54, 1.807) is 36.5 Å². The van der Waals surface area contributed by atoms with Crippen LogP contribution in [0.3, 0.4) is 0 Å². The summed E-state index contributed by atoms with van der Waals surface area (Å²) in [6.45, 7) is 5.45. The number of Topliss-reactive ketones (excluding diaryl/α,β-unsaturated/α-hetero) is 1. The number of hydrogen-bond donors (Lipinski definition) is 2. The number of anilines is 3. The predicted octanol–water partition coefficient (Wildman–Crippen LogP) is 5.55. The Balaban J connectivity index is 1.77. The van der Waals surface area contributed by atoms with Crippen molar-refractivity contribution in [1.29, 1.82) is 0 Å². The van der Waals surface area contributed by atoms with Crippen molar-refractivity contribution < 1.29 is 9.59 Å². The van der Waals surface area contributed by atoms with E-state index in [1.807, 2.05) is 26.0 Å². The van der Waals surface area contributed by atoms with Crippen LogP contribution in [0.4, 0.5) is 17.1 Å². The molecule has 0 saturated carbocycles. The van der Waals surface area contributed by atoms with E-state index in [2.05, 4.69) is 15.6 Å². The maximum absolute atomic E-state index is 12.5. The largest absolute Gasteiger partial charge is 0.353 e. The Morgan fingerprint density at radius 3 is 2.29 bits per heavy atom. The van der Waals surface area contributed by atoms with Crippen LogP contribution < -0.4 is 10.6 Å². The number of hydrogen-bond acceptors (Lipinski definition) is 4. The average Bonchev–Trinajstić information content (AvgIpc) is 2.65. The third-order valence-electron chi connectivity index (χ3n) is 4.25. The van der Waals surface area contributed by atoms with Crippen molar-refractivity contribution in [1.82, 2.24) is 4.98 Å². The fraction of sp³-hybridized carbons (Fsp3) is 0.136. The number of rotatable bonds is 5. The molecule has 0 spiro atoms. The van der Waals surface area contributed by atoms with Crippen molar-refractivity contribution in [3.05, 3.63) is 82.1 Å². The van der Waals surface area contributed by atoms with Crippen molar-refractivity contribution in [2.75, 3.05) is 10.6 Å². The van der Waals surface area contributed by atoms with Crippen molar-refractivity contribution in [2.45, 2.75) is 20.8 Å². The Kier molecular flexibility index (Phi) is 5.76. The molecular formula is C22H20ClN3O2. The molecule has 1 heterocycles. The molecule has 6 heteroatoms. The molecule has 28 heavy (non-hydrogen) atoms. The number of carbonyl (C=O) groups excluding carboxylic acids is 2. The lowest BCUT2D eigenvalue weighted by molar-refractivity contribution is 0.101. The molecule has 0 saturated heterocycles. The van der Waals surface area contributed by atoms with Crippen molar-refractivity contribution in [2.24, 2.45) is 0 Å². The van der Waals surface area contributed by atoms with Gasteiger partial charge in [-0.05, 0) is 68.3 Å². The van der Waals surface area contributed by atoms with Gasteiger partial charge >= 0.3 is 0 Å². The van der Waals surface area contributed by atoms with E-state index in [1.165, 1.54) is 13.1 Å². The first-order chi connectivity index (χ1) is 13.3. The molecule has 1 aromatic heterocycles. The molecule has 3 rings (SSSR count). The Labute approximate surface area is 168 Å². The fourth-order valence-electron chi connectivity index (χ4n) is 2.84. The molecule has 0 aliphatic rings. The molecule has 0 unspecified atom stereocenters. The molecular weight excluding hydrogens is 374 g/mol. The minimum Gasteiger partial charge on any atom is -0.353 e. The number of carbonyl (C=O) groups is 2. The molecule has 0 bridgehead atoms. The molecule has 5 nitrogen and oxygen atoms in total. The van der Waals surface area contributed by atoms with Gasteiger partial charge in [-0.1, -0.05) is 17.7 Å². The van der Waals surface area contributed by atoms with Gasteiger partial charge < -0.3 is 10.6 Å². The van der Waals surface area contributed by atoms with E-state index in [9.17, 15) is 9.59 Å². The highest BCUT2D eigenvalue weighted by molar-refractivity contribution is 6.33.